The molecule has 0 bridgehead atoms. The molecule has 0 spiro atoms. The van der Waals surface area contributed by atoms with Crippen molar-refractivity contribution in [2.45, 2.75) is 20.0 Å². The van der Waals surface area contributed by atoms with Crippen LogP contribution in [0.2, 0.25) is 10.0 Å². The summed E-state index contributed by atoms with van der Waals surface area (Å²) in [5, 5.41) is 3.48. The second-order valence-corrected chi connectivity index (χ2v) is 5.97. The van der Waals surface area contributed by atoms with E-state index in [0.29, 0.717) is 27.0 Å². The number of halogens is 2. The molecule has 0 fully saturated rings. The maximum atomic E-state index is 12.3. The number of anilines is 1. The third-order valence-corrected chi connectivity index (χ3v) is 3.78. The summed E-state index contributed by atoms with van der Waals surface area (Å²) < 4.78 is 10.5. The fraction of sp³-hybridized carbons (Fsp3) is 0.222. The molecule has 2 rings (SSSR count). The molecule has 25 heavy (non-hydrogen) atoms. The van der Waals surface area contributed by atoms with E-state index in [9.17, 15) is 9.59 Å². The summed E-state index contributed by atoms with van der Waals surface area (Å²) in [6.45, 7) is 3.60. The fourth-order valence-electron chi connectivity index (χ4n) is 2.00. The SMILES string of the molecule is CCOC(=O)c1cccc(O[C@@H](C)C(=O)Nc2cc(Cl)ccc2Cl)c1. The zero-order valence-electron chi connectivity index (χ0n) is 13.7. The van der Waals surface area contributed by atoms with E-state index in [-0.39, 0.29) is 6.61 Å². The van der Waals surface area contributed by atoms with E-state index in [1.165, 1.54) is 6.07 Å². The lowest BCUT2D eigenvalue weighted by molar-refractivity contribution is -0.122. The van der Waals surface area contributed by atoms with Gasteiger partial charge in [-0.2, -0.15) is 0 Å². The second kappa shape index (κ2) is 8.74. The van der Waals surface area contributed by atoms with Crippen molar-refractivity contribution in [2.24, 2.45) is 0 Å². The Morgan fingerprint density at radius 2 is 1.92 bits per heavy atom. The van der Waals surface area contributed by atoms with E-state index in [2.05, 4.69) is 5.32 Å². The minimum absolute atomic E-state index is 0.281. The van der Waals surface area contributed by atoms with Crippen LogP contribution in [0.5, 0.6) is 5.75 Å². The summed E-state index contributed by atoms with van der Waals surface area (Å²) in [6.07, 6.45) is -0.813. The fourth-order valence-corrected chi connectivity index (χ4v) is 2.33. The van der Waals surface area contributed by atoms with Crippen molar-refractivity contribution in [2.75, 3.05) is 11.9 Å². The molecule has 0 aromatic heterocycles. The van der Waals surface area contributed by atoms with Crippen molar-refractivity contribution in [3.05, 3.63) is 58.1 Å². The monoisotopic (exact) mass is 381 g/mol. The highest BCUT2D eigenvalue weighted by Crippen LogP contribution is 2.26. The van der Waals surface area contributed by atoms with Crippen LogP contribution < -0.4 is 10.1 Å². The number of benzene rings is 2. The molecule has 2 aromatic carbocycles. The van der Waals surface area contributed by atoms with Crippen LogP contribution in [0.25, 0.3) is 0 Å². The minimum atomic E-state index is -0.813. The average Bonchev–Trinajstić information content (AvgIpc) is 2.58. The van der Waals surface area contributed by atoms with E-state index >= 15 is 0 Å². The topological polar surface area (TPSA) is 64.6 Å². The van der Waals surface area contributed by atoms with E-state index in [1.807, 2.05) is 0 Å². The molecule has 0 radical (unpaired) electrons. The number of amides is 1. The van der Waals surface area contributed by atoms with Gasteiger partial charge in [-0.05, 0) is 50.2 Å². The number of carbonyl (C=O) groups is 2. The average molecular weight is 382 g/mol. The van der Waals surface area contributed by atoms with Crippen LogP contribution in [0.1, 0.15) is 24.2 Å². The summed E-state index contributed by atoms with van der Waals surface area (Å²) in [6, 6.07) is 11.2. The zero-order chi connectivity index (χ0) is 18.4. The molecule has 0 saturated carbocycles. The predicted molar refractivity (Wildman–Crippen MR) is 97.6 cm³/mol. The minimum Gasteiger partial charge on any atom is -0.481 e. The number of ether oxygens (including phenoxy) is 2. The first-order valence-corrected chi connectivity index (χ1v) is 8.36. The maximum absolute atomic E-state index is 12.3. The Kier molecular flexibility index (Phi) is 6.67. The molecule has 1 amide bonds. The first-order chi connectivity index (χ1) is 11.9. The summed E-state index contributed by atoms with van der Waals surface area (Å²) in [5.41, 5.74) is 0.750. The molecular weight excluding hydrogens is 365 g/mol. The van der Waals surface area contributed by atoms with Crippen molar-refractivity contribution in [1.29, 1.82) is 0 Å². The van der Waals surface area contributed by atoms with Crippen molar-refractivity contribution < 1.29 is 19.1 Å². The molecule has 7 heteroatoms. The van der Waals surface area contributed by atoms with Crippen molar-refractivity contribution in [3.8, 4) is 5.75 Å². The van der Waals surface area contributed by atoms with Crippen LogP contribution in [0.4, 0.5) is 5.69 Å². The largest absolute Gasteiger partial charge is 0.481 e. The highest BCUT2D eigenvalue weighted by atomic mass is 35.5. The van der Waals surface area contributed by atoms with Crippen LogP contribution in [0, 0.1) is 0 Å². The van der Waals surface area contributed by atoms with Gasteiger partial charge in [-0.15, -0.1) is 0 Å². The van der Waals surface area contributed by atoms with Crippen LogP contribution in [0.15, 0.2) is 42.5 Å². The normalized spacial score (nSPS) is 11.5. The summed E-state index contributed by atoms with van der Waals surface area (Å²) in [5.74, 6) is -0.466. The summed E-state index contributed by atoms with van der Waals surface area (Å²) in [7, 11) is 0. The van der Waals surface area contributed by atoms with Gasteiger partial charge in [-0.3, -0.25) is 4.79 Å². The number of nitrogens with one attached hydrogen (secondary N) is 1. The molecule has 1 atom stereocenters. The molecule has 0 unspecified atom stereocenters. The van der Waals surface area contributed by atoms with E-state index in [0.717, 1.165) is 0 Å². The Hall–Kier alpha value is -2.24. The Balaban J connectivity index is 2.05. The smallest absolute Gasteiger partial charge is 0.338 e. The van der Waals surface area contributed by atoms with Gasteiger partial charge in [0.05, 0.1) is 22.9 Å². The molecular formula is C18H17Cl2NO4. The maximum Gasteiger partial charge on any atom is 0.338 e. The van der Waals surface area contributed by atoms with Gasteiger partial charge < -0.3 is 14.8 Å². The molecule has 132 valence electrons. The quantitative estimate of drug-likeness (QED) is 0.743. The molecule has 5 nitrogen and oxygen atoms in total. The molecule has 1 N–H and O–H groups in total. The van der Waals surface area contributed by atoms with Crippen molar-refractivity contribution >= 4 is 40.8 Å². The number of hydrogen-bond acceptors (Lipinski definition) is 4. The lowest BCUT2D eigenvalue weighted by Gasteiger charge is -2.16. The molecule has 0 aliphatic heterocycles. The van der Waals surface area contributed by atoms with E-state index in [1.54, 1.807) is 50.2 Å². The Labute approximate surface area is 155 Å². The van der Waals surface area contributed by atoms with Gasteiger partial charge in [-0.1, -0.05) is 29.3 Å². The zero-order valence-corrected chi connectivity index (χ0v) is 15.2. The summed E-state index contributed by atoms with van der Waals surface area (Å²) in [4.78, 5) is 24.0. The van der Waals surface area contributed by atoms with Gasteiger partial charge in [-0.25, -0.2) is 4.79 Å². The second-order valence-electron chi connectivity index (χ2n) is 5.12. The highest BCUT2D eigenvalue weighted by molar-refractivity contribution is 6.35. The molecule has 2 aromatic rings. The van der Waals surface area contributed by atoms with E-state index < -0.39 is 18.0 Å². The van der Waals surface area contributed by atoms with Gasteiger partial charge in [0.2, 0.25) is 0 Å². The number of carbonyl (C=O) groups excluding carboxylic acids is 2. The van der Waals surface area contributed by atoms with Gasteiger partial charge in [0.1, 0.15) is 5.75 Å². The first kappa shape index (κ1) is 19.1. The lowest BCUT2D eigenvalue weighted by Crippen LogP contribution is -2.30. The molecule has 0 aliphatic rings. The Morgan fingerprint density at radius 3 is 2.64 bits per heavy atom. The van der Waals surface area contributed by atoms with Gasteiger partial charge in [0.15, 0.2) is 6.10 Å². The standard InChI is InChI=1S/C18H17Cl2NO4/c1-3-24-18(23)12-5-4-6-14(9-12)25-11(2)17(22)21-16-10-13(19)7-8-15(16)20/h4-11H,3H2,1-2H3,(H,21,22)/t11-/m0/s1. The van der Waals surface area contributed by atoms with E-state index in [4.69, 9.17) is 32.7 Å². The van der Waals surface area contributed by atoms with Gasteiger partial charge in [0.25, 0.3) is 5.91 Å². The van der Waals surface area contributed by atoms with Crippen molar-refractivity contribution in [1.82, 2.24) is 0 Å². The van der Waals surface area contributed by atoms with Gasteiger partial charge in [0, 0.05) is 5.02 Å². The van der Waals surface area contributed by atoms with Crippen LogP contribution >= 0.6 is 23.2 Å². The number of esters is 1. The van der Waals surface area contributed by atoms with Crippen LogP contribution in [-0.4, -0.2) is 24.6 Å². The number of hydrogen-bond donors (Lipinski definition) is 1. The third kappa shape index (κ3) is 5.37. The number of rotatable bonds is 6. The Bertz CT molecular complexity index is 779. The Morgan fingerprint density at radius 1 is 1.16 bits per heavy atom. The first-order valence-electron chi connectivity index (χ1n) is 7.60. The van der Waals surface area contributed by atoms with Crippen LogP contribution in [0.3, 0.4) is 0 Å². The van der Waals surface area contributed by atoms with Crippen molar-refractivity contribution in [3.63, 3.8) is 0 Å². The lowest BCUT2D eigenvalue weighted by atomic mass is 10.2. The van der Waals surface area contributed by atoms with Gasteiger partial charge >= 0.3 is 5.97 Å². The molecule has 0 aliphatic carbocycles. The predicted octanol–water partition coefficient (Wildman–Crippen LogP) is 4.58. The molecule has 0 heterocycles. The summed E-state index contributed by atoms with van der Waals surface area (Å²) >= 11 is 11.9. The highest BCUT2D eigenvalue weighted by Gasteiger charge is 2.17. The molecule has 0 saturated heterocycles. The third-order valence-electron chi connectivity index (χ3n) is 3.21. The van der Waals surface area contributed by atoms with Crippen LogP contribution in [-0.2, 0) is 9.53 Å².